The zero-order chi connectivity index (χ0) is 9.26. The molecule has 2 atom stereocenters. The monoisotopic (exact) mass is 214 g/mol. The van der Waals surface area contributed by atoms with Crippen molar-refractivity contribution in [1.29, 1.82) is 0 Å². The first-order chi connectivity index (χ1) is 6.29. The molecule has 0 aliphatic heterocycles. The summed E-state index contributed by atoms with van der Waals surface area (Å²) >= 11 is 3.71. The lowest BCUT2D eigenvalue weighted by atomic mass is 9.92. The molecule has 0 amide bonds. The van der Waals surface area contributed by atoms with E-state index in [0.717, 1.165) is 10.4 Å². The van der Waals surface area contributed by atoms with Crippen molar-refractivity contribution in [2.75, 3.05) is 11.6 Å². The molecule has 0 saturated heterocycles. The summed E-state index contributed by atoms with van der Waals surface area (Å²) in [7, 11) is 0. The largest absolute Gasteiger partial charge is 0.358 e. The van der Waals surface area contributed by atoms with Crippen LogP contribution in [0.5, 0.6) is 0 Å². The predicted octanol–water partition coefficient (Wildman–Crippen LogP) is 2.76. The van der Waals surface area contributed by atoms with Crippen molar-refractivity contribution in [3.05, 3.63) is 11.1 Å². The van der Waals surface area contributed by atoms with E-state index in [1.165, 1.54) is 17.7 Å². The van der Waals surface area contributed by atoms with Gasteiger partial charge in [0.05, 0.1) is 0 Å². The maximum atomic E-state index is 4.30. The lowest BCUT2D eigenvalue weighted by molar-refractivity contribution is 0.463. The van der Waals surface area contributed by atoms with E-state index in [4.69, 9.17) is 0 Å². The van der Waals surface area contributed by atoms with E-state index in [1.807, 2.05) is 18.0 Å². The highest BCUT2D eigenvalue weighted by atomic mass is 32.2. The molecule has 1 N–H and O–H groups in total. The van der Waals surface area contributed by atoms with Gasteiger partial charge in [-0.15, -0.1) is 11.3 Å². The van der Waals surface area contributed by atoms with Crippen molar-refractivity contribution in [1.82, 2.24) is 4.98 Å². The lowest BCUT2D eigenvalue weighted by Crippen LogP contribution is -2.40. The molecule has 13 heavy (non-hydrogen) atoms. The maximum Gasteiger partial charge on any atom is 0.183 e. The quantitative estimate of drug-likeness (QED) is 0.837. The van der Waals surface area contributed by atoms with E-state index in [0.29, 0.717) is 6.04 Å². The van der Waals surface area contributed by atoms with Crippen LogP contribution in [-0.2, 0) is 0 Å². The molecule has 2 unspecified atom stereocenters. The number of nitrogens with zero attached hydrogens (tertiary/aromatic N) is 1. The third-order valence-electron chi connectivity index (χ3n) is 2.44. The Balaban J connectivity index is 1.91. The van der Waals surface area contributed by atoms with Crippen LogP contribution in [0.1, 0.15) is 17.7 Å². The standard InChI is InChI=1S/C9H14N2S2/c1-6-5-10-9(13-6)11-7-3-4-8(7)12-2/h5,7-8H,3-4H2,1-2H3,(H,10,11). The minimum absolute atomic E-state index is 0.653. The van der Waals surface area contributed by atoms with Crippen LogP contribution in [0, 0.1) is 6.92 Å². The van der Waals surface area contributed by atoms with Crippen LogP contribution in [0.25, 0.3) is 0 Å². The van der Waals surface area contributed by atoms with Gasteiger partial charge in [0.2, 0.25) is 0 Å². The number of anilines is 1. The minimum Gasteiger partial charge on any atom is -0.358 e. The Bertz CT molecular complexity index is 283. The van der Waals surface area contributed by atoms with Crippen LogP contribution in [0.4, 0.5) is 5.13 Å². The normalized spacial score (nSPS) is 26.9. The van der Waals surface area contributed by atoms with Crippen molar-refractivity contribution >= 4 is 28.2 Å². The van der Waals surface area contributed by atoms with Gasteiger partial charge in [0.25, 0.3) is 0 Å². The number of rotatable bonds is 3. The molecule has 72 valence electrons. The summed E-state index contributed by atoms with van der Waals surface area (Å²) in [6, 6.07) is 0.653. The van der Waals surface area contributed by atoms with Crippen LogP contribution in [0.2, 0.25) is 0 Å². The first kappa shape index (κ1) is 9.34. The SMILES string of the molecule is CSC1CCC1Nc1ncc(C)s1. The fourth-order valence-corrected chi connectivity index (χ4v) is 3.13. The molecule has 0 bridgehead atoms. The zero-order valence-corrected chi connectivity index (χ0v) is 9.54. The molecule has 1 aromatic heterocycles. The average Bonchev–Trinajstić information content (AvgIpc) is 2.46. The number of thiazole rings is 1. The average molecular weight is 214 g/mol. The van der Waals surface area contributed by atoms with Gasteiger partial charge >= 0.3 is 0 Å². The highest BCUT2D eigenvalue weighted by molar-refractivity contribution is 7.99. The molecule has 1 aromatic rings. The number of aromatic nitrogens is 1. The summed E-state index contributed by atoms with van der Waals surface area (Å²) in [5.74, 6) is 0. The molecular formula is C9H14N2S2. The van der Waals surface area contributed by atoms with Crippen LogP contribution >= 0.6 is 23.1 Å². The molecule has 2 rings (SSSR count). The summed E-state index contributed by atoms with van der Waals surface area (Å²) in [5.41, 5.74) is 0. The van der Waals surface area contributed by atoms with Gasteiger partial charge in [-0.25, -0.2) is 4.98 Å². The van der Waals surface area contributed by atoms with E-state index in [-0.39, 0.29) is 0 Å². The van der Waals surface area contributed by atoms with Gasteiger partial charge in [-0.1, -0.05) is 0 Å². The van der Waals surface area contributed by atoms with Crippen LogP contribution in [0.3, 0.4) is 0 Å². The Labute approximate surface area is 87.1 Å². The molecule has 2 nitrogen and oxygen atoms in total. The summed E-state index contributed by atoms with van der Waals surface area (Å²) in [4.78, 5) is 5.58. The van der Waals surface area contributed by atoms with Crippen molar-refractivity contribution in [2.45, 2.75) is 31.1 Å². The predicted molar refractivity (Wildman–Crippen MR) is 60.8 cm³/mol. The molecule has 1 heterocycles. The summed E-state index contributed by atoms with van der Waals surface area (Å²) < 4.78 is 0. The highest BCUT2D eigenvalue weighted by Crippen LogP contribution is 2.33. The number of hydrogen-bond donors (Lipinski definition) is 1. The van der Waals surface area contributed by atoms with Gasteiger partial charge in [0, 0.05) is 22.4 Å². The Kier molecular flexibility index (Phi) is 2.79. The van der Waals surface area contributed by atoms with E-state index in [9.17, 15) is 0 Å². The number of thioether (sulfide) groups is 1. The first-order valence-corrected chi connectivity index (χ1v) is 6.62. The topological polar surface area (TPSA) is 24.9 Å². The molecule has 1 aliphatic carbocycles. The van der Waals surface area contributed by atoms with Crippen molar-refractivity contribution in [2.24, 2.45) is 0 Å². The molecule has 1 aliphatic rings. The molecule has 0 aromatic carbocycles. The fourth-order valence-electron chi connectivity index (χ4n) is 1.50. The Morgan fingerprint density at radius 3 is 2.92 bits per heavy atom. The van der Waals surface area contributed by atoms with E-state index >= 15 is 0 Å². The summed E-state index contributed by atoms with van der Waals surface area (Å²) in [6.07, 6.45) is 6.76. The lowest BCUT2D eigenvalue weighted by Gasteiger charge is -2.35. The van der Waals surface area contributed by atoms with Gasteiger partial charge in [-0.05, 0) is 26.0 Å². The number of nitrogens with one attached hydrogen (secondary N) is 1. The molecule has 1 saturated carbocycles. The molecule has 0 radical (unpaired) electrons. The molecule has 1 fully saturated rings. The third-order valence-corrected chi connectivity index (χ3v) is 4.46. The van der Waals surface area contributed by atoms with Crippen LogP contribution in [-0.4, -0.2) is 22.5 Å². The van der Waals surface area contributed by atoms with E-state index < -0.39 is 0 Å². The fraction of sp³-hybridized carbons (Fsp3) is 0.667. The van der Waals surface area contributed by atoms with Gasteiger partial charge in [0.15, 0.2) is 5.13 Å². The number of hydrogen-bond acceptors (Lipinski definition) is 4. The molecular weight excluding hydrogens is 200 g/mol. The Morgan fingerprint density at radius 2 is 2.46 bits per heavy atom. The second-order valence-corrected chi connectivity index (χ2v) is 5.69. The van der Waals surface area contributed by atoms with Crippen molar-refractivity contribution in [3.63, 3.8) is 0 Å². The smallest absolute Gasteiger partial charge is 0.183 e. The minimum atomic E-state index is 0.653. The number of aryl methyl sites for hydroxylation is 1. The van der Waals surface area contributed by atoms with Crippen LogP contribution in [0.15, 0.2) is 6.20 Å². The van der Waals surface area contributed by atoms with Gasteiger partial charge < -0.3 is 5.32 Å². The molecule has 4 heteroatoms. The summed E-state index contributed by atoms with van der Waals surface area (Å²) in [5, 5.41) is 5.37. The van der Waals surface area contributed by atoms with Gasteiger partial charge in [-0.2, -0.15) is 11.8 Å². The van der Waals surface area contributed by atoms with Crippen molar-refractivity contribution in [3.8, 4) is 0 Å². The maximum absolute atomic E-state index is 4.30. The highest BCUT2D eigenvalue weighted by Gasteiger charge is 2.30. The van der Waals surface area contributed by atoms with Gasteiger partial charge in [0.1, 0.15) is 0 Å². The zero-order valence-electron chi connectivity index (χ0n) is 7.91. The third kappa shape index (κ3) is 1.99. The Morgan fingerprint density at radius 1 is 1.62 bits per heavy atom. The van der Waals surface area contributed by atoms with Gasteiger partial charge in [-0.3, -0.25) is 0 Å². The first-order valence-electron chi connectivity index (χ1n) is 4.51. The second-order valence-electron chi connectivity index (χ2n) is 3.38. The van der Waals surface area contributed by atoms with E-state index in [2.05, 4.69) is 23.5 Å². The van der Waals surface area contributed by atoms with Crippen molar-refractivity contribution < 1.29 is 0 Å². The summed E-state index contributed by atoms with van der Waals surface area (Å²) in [6.45, 7) is 2.09. The second kappa shape index (κ2) is 3.88. The van der Waals surface area contributed by atoms with E-state index in [1.54, 1.807) is 11.3 Å². The Hall–Kier alpha value is -0.220. The van der Waals surface area contributed by atoms with Crippen LogP contribution < -0.4 is 5.32 Å². The molecule has 0 spiro atoms.